The molecule has 0 spiro atoms. The van der Waals surface area contributed by atoms with Gasteiger partial charge in [-0.1, -0.05) is 64.5 Å². The number of hydrogen-bond acceptors (Lipinski definition) is 2. The van der Waals surface area contributed by atoms with E-state index in [0.29, 0.717) is 23.4 Å². The number of carbonyl (C=O) groups excluding carboxylic acids is 2. The molecule has 0 aliphatic carbocycles. The number of benzene rings is 3. The summed E-state index contributed by atoms with van der Waals surface area (Å²) in [4.78, 5) is 27.3. The van der Waals surface area contributed by atoms with Crippen molar-refractivity contribution in [3.05, 3.63) is 99.5 Å². The van der Waals surface area contributed by atoms with Crippen molar-refractivity contribution in [2.45, 2.75) is 13.5 Å². The fourth-order valence-corrected chi connectivity index (χ4v) is 3.22. The van der Waals surface area contributed by atoms with E-state index >= 15 is 0 Å². The Morgan fingerprint density at radius 1 is 0.964 bits per heavy atom. The number of carbonyl (C=O) groups is 2. The second-order valence-electron chi connectivity index (χ2n) is 6.61. The third-order valence-electron chi connectivity index (χ3n) is 4.45. The van der Waals surface area contributed by atoms with E-state index in [2.05, 4.69) is 21.2 Å². The molecule has 1 N–H and O–H groups in total. The molecule has 5 heteroatoms. The van der Waals surface area contributed by atoms with E-state index in [0.717, 1.165) is 15.6 Å². The Kier molecular flexibility index (Phi) is 6.26. The average Bonchev–Trinajstić information content (AvgIpc) is 2.70. The van der Waals surface area contributed by atoms with Crippen LogP contribution in [0.25, 0.3) is 0 Å². The van der Waals surface area contributed by atoms with Gasteiger partial charge in [0.25, 0.3) is 11.8 Å². The molecule has 0 fully saturated rings. The molecule has 0 radical (unpaired) electrons. The first-order valence-corrected chi connectivity index (χ1v) is 9.71. The van der Waals surface area contributed by atoms with Crippen molar-refractivity contribution in [3.63, 3.8) is 0 Å². The molecular formula is C23H21BrN2O2. The lowest BCUT2D eigenvalue weighted by Gasteiger charge is -2.19. The summed E-state index contributed by atoms with van der Waals surface area (Å²) in [5.41, 5.74) is 3.57. The van der Waals surface area contributed by atoms with E-state index in [9.17, 15) is 9.59 Å². The molecule has 0 bridgehead atoms. The molecule has 0 atom stereocenters. The van der Waals surface area contributed by atoms with Gasteiger partial charge in [0.15, 0.2) is 0 Å². The highest BCUT2D eigenvalue weighted by molar-refractivity contribution is 9.10. The van der Waals surface area contributed by atoms with Crippen molar-refractivity contribution in [2.24, 2.45) is 0 Å². The summed E-state index contributed by atoms with van der Waals surface area (Å²) in [6.07, 6.45) is 0. The van der Waals surface area contributed by atoms with Crippen LogP contribution in [0.5, 0.6) is 0 Å². The Labute approximate surface area is 173 Å². The van der Waals surface area contributed by atoms with Gasteiger partial charge in [-0.15, -0.1) is 0 Å². The first kappa shape index (κ1) is 19.8. The smallest absolute Gasteiger partial charge is 0.256 e. The number of rotatable bonds is 5. The minimum Gasteiger partial charge on any atom is -0.337 e. The number of aryl methyl sites for hydroxylation is 1. The molecular weight excluding hydrogens is 416 g/mol. The van der Waals surface area contributed by atoms with Crippen LogP contribution in [0.1, 0.15) is 31.8 Å². The maximum Gasteiger partial charge on any atom is 0.256 e. The van der Waals surface area contributed by atoms with Gasteiger partial charge in [0.2, 0.25) is 0 Å². The Bertz CT molecular complexity index is 1000. The topological polar surface area (TPSA) is 49.4 Å². The van der Waals surface area contributed by atoms with E-state index in [4.69, 9.17) is 0 Å². The summed E-state index contributed by atoms with van der Waals surface area (Å²) < 4.78 is 0.868. The molecule has 2 amide bonds. The quantitative estimate of drug-likeness (QED) is 0.590. The third kappa shape index (κ3) is 4.67. The van der Waals surface area contributed by atoms with Crippen LogP contribution in [-0.4, -0.2) is 23.8 Å². The summed E-state index contributed by atoms with van der Waals surface area (Å²) in [6.45, 7) is 2.45. The molecule has 0 saturated carbocycles. The normalized spacial score (nSPS) is 10.4. The zero-order valence-electron chi connectivity index (χ0n) is 15.8. The molecule has 4 nitrogen and oxygen atoms in total. The number of hydrogen-bond donors (Lipinski definition) is 1. The average molecular weight is 437 g/mol. The van der Waals surface area contributed by atoms with Gasteiger partial charge in [0, 0.05) is 23.6 Å². The van der Waals surface area contributed by atoms with Crippen molar-refractivity contribution in [2.75, 3.05) is 12.4 Å². The van der Waals surface area contributed by atoms with Crippen LogP contribution in [0, 0.1) is 6.92 Å². The van der Waals surface area contributed by atoms with E-state index in [1.165, 1.54) is 0 Å². The third-order valence-corrected chi connectivity index (χ3v) is 5.30. The number of para-hydroxylation sites is 1. The number of amides is 2. The van der Waals surface area contributed by atoms with Gasteiger partial charge >= 0.3 is 0 Å². The van der Waals surface area contributed by atoms with Crippen molar-refractivity contribution < 1.29 is 9.59 Å². The number of anilines is 1. The van der Waals surface area contributed by atoms with E-state index < -0.39 is 0 Å². The number of nitrogens with one attached hydrogen (secondary N) is 1. The predicted molar refractivity (Wildman–Crippen MR) is 116 cm³/mol. The van der Waals surface area contributed by atoms with Gasteiger partial charge in [0.05, 0.1) is 11.3 Å². The van der Waals surface area contributed by atoms with Crippen LogP contribution in [-0.2, 0) is 6.54 Å². The summed E-state index contributed by atoms with van der Waals surface area (Å²) >= 11 is 3.45. The highest BCUT2D eigenvalue weighted by Crippen LogP contribution is 2.21. The zero-order valence-corrected chi connectivity index (χ0v) is 17.4. The maximum absolute atomic E-state index is 13.0. The molecule has 142 valence electrons. The minimum absolute atomic E-state index is 0.148. The van der Waals surface area contributed by atoms with Crippen molar-refractivity contribution in [3.8, 4) is 0 Å². The highest BCUT2D eigenvalue weighted by Gasteiger charge is 2.18. The van der Waals surface area contributed by atoms with Gasteiger partial charge in [-0.3, -0.25) is 9.59 Å². The molecule has 0 heterocycles. The van der Waals surface area contributed by atoms with Crippen LogP contribution >= 0.6 is 15.9 Å². The van der Waals surface area contributed by atoms with E-state index in [1.54, 1.807) is 48.3 Å². The predicted octanol–water partition coefficient (Wildman–Crippen LogP) is 5.28. The van der Waals surface area contributed by atoms with E-state index in [1.807, 2.05) is 43.3 Å². The molecule has 28 heavy (non-hydrogen) atoms. The number of halogens is 1. The Morgan fingerprint density at radius 2 is 1.64 bits per heavy atom. The molecule has 0 saturated heterocycles. The SMILES string of the molecule is Cc1ccc(C(=O)Nc2ccccc2C(=O)N(C)Cc2ccccc2)cc1Br. The molecule has 3 aromatic carbocycles. The van der Waals surface area contributed by atoms with Crippen LogP contribution < -0.4 is 5.32 Å². The fourth-order valence-electron chi connectivity index (χ4n) is 2.84. The van der Waals surface area contributed by atoms with Gasteiger partial charge in [-0.2, -0.15) is 0 Å². The van der Waals surface area contributed by atoms with Crippen LogP contribution in [0.3, 0.4) is 0 Å². The fraction of sp³-hybridized carbons (Fsp3) is 0.130. The minimum atomic E-state index is -0.258. The first-order valence-electron chi connectivity index (χ1n) is 8.91. The molecule has 0 aliphatic heterocycles. The highest BCUT2D eigenvalue weighted by atomic mass is 79.9. The molecule has 3 rings (SSSR count). The second kappa shape index (κ2) is 8.85. The molecule has 0 unspecified atom stereocenters. The zero-order chi connectivity index (χ0) is 20.1. The first-order chi connectivity index (χ1) is 13.5. The largest absolute Gasteiger partial charge is 0.337 e. The van der Waals surface area contributed by atoms with Gasteiger partial charge in [-0.05, 0) is 42.3 Å². The molecule has 0 aromatic heterocycles. The van der Waals surface area contributed by atoms with Crippen molar-refractivity contribution in [1.82, 2.24) is 4.90 Å². The van der Waals surface area contributed by atoms with Crippen LogP contribution in [0.4, 0.5) is 5.69 Å². The second-order valence-corrected chi connectivity index (χ2v) is 7.46. The van der Waals surface area contributed by atoms with Crippen molar-refractivity contribution in [1.29, 1.82) is 0 Å². The molecule has 0 aliphatic rings. The lowest BCUT2D eigenvalue weighted by atomic mass is 10.1. The Morgan fingerprint density at radius 3 is 2.36 bits per heavy atom. The standard InChI is InChI=1S/C23H21BrN2O2/c1-16-12-13-18(14-20(16)24)22(27)25-21-11-7-6-10-19(21)23(28)26(2)15-17-8-4-3-5-9-17/h3-14H,15H2,1-2H3,(H,25,27). The van der Waals surface area contributed by atoms with Crippen molar-refractivity contribution >= 4 is 33.4 Å². The maximum atomic E-state index is 13.0. The summed E-state index contributed by atoms with van der Waals surface area (Å²) in [7, 11) is 1.75. The lowest BCUT2D eigenvalue weighted by Crippen LogP contribution is -2.27. The monoisotopic (exact) mass is 436 g/mol. The summed E-state index contributed by atoms with van der Waals surface area (Å²) in [5.74, 6) is -0.406. The van der Waals surface area contributed by atoms with E-state index in [-0.39, 0.29) is 11.8 Å². The lowest BCUT2D eigenvalue weighted by molar-refractivity contribution is 0.0786. The van der Waals surface area contributed by atoms with Crippen LogP contribution in [0.2, 0.25) is 0 Å². The summed E-state index contributed by atoms with van der Waals surface area (Å²) in [6, 6.07) is 22.3. The summed E-state index contributed by atoms with van der Waals surface area (Å²) in [5, 5.41) is 2.87. The molecule has 3 aromatic rings. The number of nitrogens with zero attached hydrogens (tertiary/aromatic N) is 1. The Hall–Kier alpha value is -2.92. The Balaban J connectivity index is 1.79. The van der Waals surface area contributed by atoms with Gasteiger partial charge in [-0.25, -0.2) is 0 Å². The van der Waals surface area contributed by atoms with Gasteiger partial charge < -0.3 is 10.2 Å². The van der Waals surface area contributed by atoms with Gasteiger partial charge in [0.1, 0.15) is 0 Å². The van der Waals surface area contributed by atoms with Crippen LogP contribution in [0.15, 0.2) is 77.3 Å².